The van der Waals surface area contributed by atoms with Crippen molar-refractivity contribution >= 4 is 29.2 Å². The van der Waals surface area contributed by atoms with Crippen molar-refractivity contribution in [2.24, 2.45) is 5.73 Å². The second-order valence-electron chi connectivity index (χ2n) is 8.57. The van der Waals surface area contributed by atoms with Gasteiger partial charge in [-0.25, -0.2) is 17.6 Å². The fourth-order valence-corrected chi connectivity index (χ4v) is 4.62. The zero-order valence-electron chi connectivity index (χ0n) is 17.9. The molecular weight excluding hydrogens is 460 g/mol. The number of Topliss-reactive ketones (excluding diaryl/α,β-unsaturated/α-hetero) is 1. The number of hydrogen-bond acceptors (Lipinski definition) is 4. The summed E-state index contributed by atoms with van der Waals surface area (Å²) in [5.41, 5.74) is 3.75. The number of ketones is 1. The number of alkyl halides is 2. The molecule has 0 spiro atoms. The standard InChI is InChI=1S/C22H20F4N4O4/c1-10-15(18(32)28-11-4-5-12(23)13(24)7-11)14-3-2-6-30(14)16(10)17(31)19(33)29-21(20(27)34)8-22(25,26)9-21/h4-5,7H,2-3,6,8-9H2,1H3,(H2,27,34)(H,28,32)(H,29,33). The van der Waals surface area contributed by atoms with E-state index >= 15 is 0 Å². The van der Waals surface area contributed by atoms with Crippen LogP contribution in [0, 0.1) is 18.6 Å². The van der Waals surface area contributed by atoms with Gasteiger partial charge in [0.05, 0.1) is 11.3 Å². The lowest BCUT2D eigenvalue weighted by Crippen LogP contribution is -2.69. The number of nitrogens with two attached hydrogens (primary N) is 1. The number of nitrogens with one attached hydrogen (secondary N) is 2. The van der Waals surface area contributed by atoms with E-state index in [2.05, 4.69) is 10.6 Å². The molecule has 1 aromatic carbocycles. The van der Waals surface area contributed by atoms with Crippen molar-refractivity contribution in [3.05, 3.63) is 52.3 Å². The summed E-state index contributed by atoms with van der Waals surface area (Å²) in [5.74, 6) is -9.71. The van der Waals surface area contributed by atoms with E-state index in [0.717, 1.165) is 12.1 Å². The maximum atomic E-state index is 13.5. The summed E-state index contributed by atoms with van der Waals surface area (Å²) in [7, 11) is 0. The van der Waals surface area contributed by atoms with Gasteiger partial charge in [0.25, 0.3) is 23.5 Å². The highest BCUT2D eigenvalue weighted by Crippen LogP contribution is 2.45. The number of carbonyl (C=O) groups excluding carboxylic acids is 4. The molecule has 3 amide bonds. The number of carbonyl (C=O) groups is 4. The lowest BCUT2D eigenvalue weighted by molar-refractivity contribution is -0.162. The van der Waals surface area contributed by atoms with Crippen LogP contribution in [0.5, 0.6) is 0 Å². The van der Waals surface area contributed by atoms with Crippen molar-refractivity contribution in [3.63, 3.8) is 0 Å². The first kappa shape index (κ1) is 23.5. The summed E-state index contributed by atoms with van der Waals surface area (Å²) < 4.78 is 55.0. The van der Waals surface area contributed by atoms with Crippen molar-refractivity contribution in [3.8, 4) is 0 Å². The van der Waals surface area contributed by atoms with E-state index in [-0.39, 0.29) is 22.5 Å². The van der Waals surface area contributed by atoms with E-state index in [1.165, 1.54) is 17.6 Å². The Morgan fingerprint density at radius 3 is 2.35 bits per heavy atom. The molecule has 0 unspecified atom stereocenters. The van der Waals surface area contributed by atoms with Crippen molar-refractivity contribution < 1.29 is 36.7 Å². The minimum atomic E-state index is -3.19. The Bertz CT molecular complexity index is 1250. The Morgan fingerprint density at radius 2 is 1.76 bits per heavy atom. The molecule has 1 fully saturated rings. The van der Waals surface area contributed by atoms with Crippen molar-refractivity contribution in [2.75, 3.05) is 5.32 Å². The summed E-state index contributed by atoms with van der Waals surface area (Å²) in [6.07, 6.45) is -1.04. The quantitative estimate of drug-likeness (QED) is 0.333. The van der Waals surface area contributed by atoms with Crippen LogP contribution in [0.4, 0.5) is 23.2 Å². The Kier molecular flexibility index (Phi) is 5.49. The molecule has 0 atom stereocenters. The van der Waals surface area contributed by atoms with Gasteiger partial charge in [0.1, 0.15) is 5.54 Å². The van der Waals surface area contributed by atoms with Gasteiger partial charge in [0, 0.05) is 36.8 Å². The lowest BCUT2D eigenvalue weighted by Gasteiger charge is -2.44. The Morgan fingerprint density at radius 1 is 1.09 bits per heavy atom. The largest absolute Gasteiger partial charge is 0.368 e. The van der Waals surface area contributed by atoms with E-state index in [1.54, 1.807) is 0 Å². The zero-order valence-corrected chi connectivity index (χ0v) is 17.9. The minimum absolute atomic E-state index is 0.0128. The van der Waals surface area contributed by atoms with Gasteiger partial charge in [-0.2, -0.15) is 0 Å². The van der Waals surface area contributed by atoms with Gasteiger partial charge in [-0.05, 0) is 37.5 Å². The average Bonchev–Trinajstić information content (AvgIpc) is 3.27. The Balaban J connectivity index is 1.62. The van der Waals surface area contributed by atoms with Crippen LogP contribution in [0.15, 0.2) is 18.2 Å². The molecule has 8 nitrogen and oxygen atoms in total. The van der Waals surface area contributed by atoms with Gasteiger partial charge < -0.3 is 20.9 Å². The smallest absolute Gasteiger partial charge is 0.294 e. The molecule has 12 heteroatoms. The lowest BCUT2D eigenvalue weighted by atomic mass is 9.72. The van der Waals surface area contributed by atoms with Crippen LogP contribution in [-0.4, -0.2) is 39.5 Å². The van der Waals surface area contributed by atoms with E-state index in [1.807, 2.05) is 0 Å². The van der Waals surface area contributed by atoms with Crippen LogP contribution in [0.1, 0.15) is 51.4 Å². The third-order valence-corrected chi connectivity index (χ3v) is 6.18. The molecule has 1 saturated carbocycles. The first-order valence-corrected chi connectivity index (χ1v) is 10.4. The summed E-state index contributed by atoms with van der Waals surface area (Å²) in [5, 5.41) is 4.50. The molecule has 4 N–H and O–H groups in total. The topological polar surface area (TPSA) is 123 Å². The van der Waals surface area contributed by atoms with Crippen LogP contribution in [0.3, 0.4) is 0 Å². The molecule has 1 aliphatic carbocycles. The Labute approximate surface area is 190 Å². The van der Waals surface area contributed by atoms with E-state index < -0.39 is 59.4 Å². The minimum Gasteiger partial charge on any atom is -0.368 e. The average molecular weight is 480 g/mol. The van der Waals surface area contributed by atoms with Crippen molar-refractivity contribution in [1.29, 1.82) is 0 Å². The first-order chi connectivity index (χ1) is 15.8. The van der Waals surface area contributed by atoms with Crippen molar-refractivity contribution in [1.82, 2.24) is 9.88 Å². The predicted octanol–water partition coefficient (Wildman–Crippen LogP) is 2.23. The normalized spacial score (nSPS) is 17.4. The second kappa shape index (κ2) is 7.96. The van der Waals surface area contributed by atoms with Gasteiger partial charge in [0.2, 0.25) is 5.91 Å². The molecule has 0 bridgehead atoms. The van der Waals surface area contributed by atoms with Crippen LogP contribution in [0.25, 0.3) is 0 Å². The highest BCUT2D eigenvalue weighted by atomic mass is 19.3. The predicted molar refractivity (Wildman–Crippen MR) is 110 cm³/mol. The number of aromatic nitrogens is 1. The molecule has 1 aliphatic heterocycles. The van der Waals surface area contributed by atoms with Crippen LogP contribution in [-0.2, 0) is 22.6 Å². The number of benzene rings is 1. The summed E-state index contributed by atoms with van der Waals surface area (Å²) in [6, 6.07) is 2.81. The number of anilines is 1. The first-order valence-electron chi connectivity index (χ1n) is 10.4. The molecule has 0 saturated heterocycles. The molecule has 180 valence electrons. The molecular formula is C22H20F4N4O4. The van der Waals surface area contributed by atoms with E-state index in [0.29, 0.717) is 25.1 Å². The molecule has 2 heterocycles. The van der Waals surface area contributed by atoms with Crippen molar-refractivity contribution in [2.45, 2.75) is 50.6 Å². The third kappa shape index (κ3) is 3.82. The number of primary amides is 1. The number of fused-ring (bicyclic) bond motifs is 1. The van der Waals surface area contributed by atoms with Gasteiger partial charge in [-0.15, -0.1) is 0 Å². The summed E-state index contributed by atoms with van der Waals surface area (Å²) >= 11 is 0. The Hall–Kier alpha value is -3.70. The number of rotatable bonds is 6. The fraction of sp³-hybridized carbons (Fsp3) is 0.364. The summed E-state index contributed by atoms with van der Waals surface area (Å²) in [6.45, 7) is 1.76. The monoisotopic (exact) mass is 480 g/mol. The van der Waals surface area contributed by atoms with E-state index in [9.17, 15) is 36.7 Å². The van der Waals surface area contributed by atoms with Gasteiger partial charge in [-0.1, -0.05) is 0 Å². The highest BCUT2D eigenvalue weighted by molar-refractivity contribution is 6.43. The molecule has 2 aliphatic rings. The molecule has 0 radical (unpaired) electrons. The van der Waals surface area contributed by atoms with Crippen LogP contribution >= 0.6 is 0 Å². The number of hydrogen-bond donors (Lipinski definition) is 3. The fourth-order valence-electron chi connectivity index (χ4n) is 4.62. The SMILES string of the molecule is Cc1c(C(=O)Nc2ccc(F)c(F)c2)c2n(c1C(=O)C(=O)NC1(C(N)=O)CC(F)(F)C1)CCC2. The second-order valence-corrected chi connectivity index (χ2v) is 8.57. The zero-order chi connectivity index (χ0) is 25.0. The molecule has 4 rings (SSSR count). The number of halogens is 4. The van der Waals surface area contributed by atoms with Gasteiger partial charge in [-0.3, -0.25) is 19.2 Å². The van der Waals surface area contributed by atoms with Gasteiger partial charge >= 0.3 is 0 Å². The molecule has 34 heavy (non-hydrogen) atoms. The van der Waals surface area contributed by atoms with Gasteiger partial charge in [0.15, 0.2) is 11.6 Å². The third-order valence-electron chi connectivity index (χ3n) is 6.18. The maximum Gasteiger partial charge on any atom is 0.294 e. The van der Waals surface area contributed by atoms with Crippen LogP contribution in [0.2, 0.25) is 0 Å². The van der Waals surface area contributed by atoms with Crippen LogP contribution < -0.4 is 16.4 Å². The molecule has 1 aromatic heterocycles. The maximum absolute atomic E-state index is 13.5. The van der Waals surface area contributed by atoms with E-state index in [4.69, 9.17) is 5.73 Å². The highest BCUT2D eigenvalue weighted by Gasteiger charge is 2.61. The number of amides is 3. The molecule has 2 aromatic rings. The number of nitrogens with zero attached hydrogens (tertiary/aromatic N) is 1. The summed E-state index contributed by atoms with van der Waals surface area (Å²) in [4.78, 5) is 50.3.